The third-order valence-electron chi connectivity index (χ3n) is 16.0. The summed E-state index contributed by atoms with van der Waals surface area (Å²) in [6, 6.07) is 22.7. The van der Waals surface area contributed by atoms with Crippen molar-refractivity contribution in [2.45, 2.75) is 65.5 Å². The lowest BCUT2D eigenvalue weighted by Gasteiger charge is -2.24. The number of halogens is 1. The molecule has 0 spiro atoms. The number of likely N-dealkylation sites (N-methyl/N-ethyl adjacent to an activating group) is 2. The molecule has 6 aromatic rings. The lowest BCUT2D eigenvalue weighted by Crippen LogP contribution is -2.46. The van der Waals surface area contributed by atoms with Gasteiger partial charge < -0.3 is 75.1 Å². The van der Waals surface area contributed by atoms with E-state index in [9.17, 15) is 47.9 Å². The van der Waals surface area contributed by atoms with Crippen LogP contribution in [0.1, 0.15) is 82.1 Å². The van der Waals surface area contributed by atoms with Crippen LogP contribution < -0.4 is 36.6 Å². The standard InChI is InChI=1S/C68H80ClN11O16/c1-41(2)60(76-66(88)94-32-31-93-30-29-92-28-27-91-26-25-79-56(82)20-21-57(79)83)54(81)35-46(10-8-22-71-65(70)87)63(85)73-49-18-14-44(15-19-49)40-95-67(89)77(5)23-24-78(6)68(90)96-55-36-53-59(58-43(4)9-7-11-51(55)58)48(37-69)39-80(53)64(86)52-34-47-33-50(38-72-61(47)75-52)74-62(84)45-16-12-42(3)13-17-45/h7,9,11-21,33-34,36,38,41,46,48,60H,8,10,22-32,35,37,39-40H2,1-6H3,(H,72,75)(H,73,85)(H,74,84)(H,76,88)(H3,70,71,87)/t46-,48-,60+/m1/s1. The lowest BCUT2D eigenvalue weighted by atomic mass is 9.89. The quantitative estimate of drug-likeness (QED) is 0.0129. The van der Waals surface area contributed by atoms with Gasteiger partial charge in [-0.1, -0.05) is 61.9 Å². The van der Waals surface area contributed by atoms with Crippen molar-refractivity contribution < 1.29 is 76.4 Å². The number of alkyl halides is 1. The smallest absolute Gasteiger partial charge is 0.415 e. The molecule has 4 heterocycles. The minimum absolute atomic E-state index is 0.0471. The number of anilines is 3. The number of carbonyl (C=O) groups excluding carboxylic acids is 10. The van der Waals surface area contributed by atoms with Crippen LogP contribution in [0.25, 0.3) is 21.8 Å². The van der Waals surface area contributed by atoms with Gasteiger partial charge in [0.15, 0.2) is 5.78 Å². The fourth-order valence-electron chi connectivity index (χ4n) is 10.8. The maximum Gasteiger partial charge on any atom is 0.415 e. The molecule has 28 heteroatoms. The SMILES string of the molecule is Cc1ccc(C(=O)Nc2cnc3[nH]c(C(=O)N4C[C@@H](CCl)c5c4cc(OC(=O)N(C)CCN(C)C(=O)OCc4ccc(NC(=O)[C@H](CCCNC(N)=O)CC(=O)[C@@H](NC(=O)OCCOCCOCCOCCN6C(=O)C=CC6=O)C(C)C)cc4)c4cccc(C)c54)cc3c2)cc1. The van der Waals surface area contributed by atoms with Crippen molar-refractivity contribution in [3.05, 3.63) is 137 Å². The molecule has 4 aromatic carbocycles. The summed E-state index contributed by atoms with van der Waals surface area (Å²) >= 11 is 6.63. The number of nitrogens with one attached hydrogen (secondary N) is 5. The zero-order chi connectivity index (χ0) is 69.0. The molecule has 8 rings (SSSR count). The molecule has 0 saturated carbocycles. The number of carbonyl (C=O) groups is 10. The monoisotopic (exact) mass is 1340 g/mol. The van der Waals surface area contributed by atoms with Crippen LogP contribution in [0.4, 0.5) is 36.2 Å². The van der Waals surface area contributed by atoms with Crippen LogP contribution in [0.2, 0.25) is 0 Å². The van der Waals surface area contributed by atoms with Gasteiger partial charge in [0.05, 0.1) is 69.8 Å². The number of amides is 10. The van der Waals surface area contributed by atoms with Crippen molar-refractivity contribution in [3.63, 3.8) is 0 Å². The van der Waals surface area contributed by atoms with Crippen LogP contribution in [0.5, 0.6) is 5.75 Å². The molecule has 0 saturated heterocycles. The van der Waals surface area contributed by atoms with E-state index in [0.29, 0.717) is 51.0 Å². The maximum absolute atomic E-state index is 14.5. The maximum atomic E-state index is 14.5. The fraction of sp³-hybridized carbons (Fsp3) is 0.397. The highest BCUT2D eigenvalue weighted by molar-refractivity contribution is 6.19. The summed E-state index contributed by atoms with van der Waals surface area (Å²) in [4.78, 5) is 143. The number of alkyl carbamates (subject to hydrolysis) is 1. The van der Waals surface area contributed by atoms with Gasteiger partial charge in [-0.15, -0.1) is 11.6 Å². The number of fused-ring (bicyclic) bond motifs is 4. The summed E-state index contributed by atoms with van der Waals surface area (Å²) in [6.07, 6.45) is 1.90. The molecule has 2 aliphatic rings. The van der Waals surface area contributed by atoms with E-state index in [-0.39, 0.29) is 151 Å². The van der Waals surface area contributed by atoms with Gasteiger partial charge in [-0.05, 0) is 91.1 Å². The normalized spacial score (nSPS) is 13.9. The Kier molecular flexibility index (Phi) is 25.8. The van der Waals surface area contributed by atoms with Gasteiger partial charge >= 0.3 is 24.3 Å². The Hall–Kier alpha value is -9.96. The van der Waals surface area contributed by atoms with E-state index in [1.165, 1.54) is 42.2 Å². The summed E-state index contributed by atoms with van der Waals surface area (Å²) in [5.74, 6) is -3.44. The van der Waals surface area contributed by atoms with Crippen LogP contribution in [0.3, 0.4) is 0 Å². The molecule has 3 atom stereocenters. The number of hydrogen-bond acceptors (Lipinski definition) is 17. The molecule has 96 heavy (non-hydrogen) atoms. The first-order valence-corrected chi connectivity index (χ1v) is 31.9. The van der Waals surface area contributed by atoms with E-state index in [0.717, 1.165) is 27.0 Å². The summed E-state index contributed by atoms with van der Waals surface area (Å²) in [5, 5.41) is 12.8. The molecule has 27 nitrogen and oxygen atoms in total. The van der Waals surface area contributed by atoms with Crippen LogP contribution in [-0.2, 0) is 49.5 Å². The number of urea groups is 1. The number of aromatic amines is 1. The van der Waals surface area contributed by atoms with Gasteiger partial charge in [-0.2, -0.15) is 0 Å². The summed E-state index contributed by atoms with van der Waals surface area (Å²) in [6.45, 7) is 8.89. The Morgan fingerprint density at radius 3 is 2.11 bits per heavy atom. The topological polar surface area (TPSA) is 342 Å². The summed E-state index contributed by atoms with van der Waals surface area (Å²) < 4.78 is 33.2. The van der Waals surface area contributed by atoms with E-state index in [4.69, 9.17) is 45.8 Å². The van der Waals surface area contributed by atoms with Crippen molar-refractivity contribution in [1.29, 1.82) is 0 Å². The van der Waals surface area contributed by atoms with E-state index in [1.807, 2.05) is 44.2 Å². The molecule has 7 N–H and O–H groups in total. The molecule has 0 radical (unpaired) electrons. The largest absolute Gasteiger partial charge is 0.447 e. The number of aromatic nitrogens is 2. The predicted molar refractivity (Wildman–Crippen MR) is 357 cm³/mol. The van der Waals surface area contributed by atoms with Crippen molar-refractivity contribution in [3.8, 4) is 5.75 Å². The Morgan fingerprint density at radius 2 is 1.45 bits per heavy atom. The average molecular weight is 1340 g/mol. The van der Waals surface area contributed by atoms with Gasteiger partial charge in [0.2, 0.25) is 5.91 Å². The highest BCUT2D eigenvalue weighted by Crippen LogP contribution is 2.47. The second kappa shape index (κ2) is 34.4. The Balaban J connectivity index is 0.786. The van der Waals surface area contributed by atoms with Crippen LogP contribution >= 0.6 is 11.6 Å². The number of aryl methyl sites for hydroxylation is 2. The minimum atomic E-state index is -1.01. The Labute approximate surface area is 559 Å². The first-order valence-electron chi connectivity index (χ1n) is 31.4. The number of primary amides is 1. The number of benzene rings is 4. The molecule has 0 aliphatic carbocycles. The molecular weight excluding hydrogens is 1260 g/mol. The van der Waals surface area contributed by atoms with Crippen molar-refractivity contribution in [1.82, 2.24) is 35.3 Å². The number of nitrogens with two attached hydrogens (primary N) is 1. The molecule has 10 amide bonds. The highest BCUT2D eigenvalue weighted by atomic mass is 35.5. The van der Waals surface area contributed by atoms with Gasteiger partial charge in [0.25, 0.3) is 23.6 Å². The van der Waals surface area contributed by atoms with E-state index in [2.05, 4.69) is 31.2 Å². The number of rotatable bonds is 33. The van der Waals surface area contributed by atoms with Crippen LogP contribution in [-0.4, -0.2) is 189 Å². The van der Waals surface area contributed by atoms with E-state index < -0.39 is 48.0 Å². The van der Waals surface area contributed by atoms with Gasteiger partial charge in [-0.3, -0.25) is 33.7 Å². The molecule has 0 bridgehead atoms. The number of Topliss-reactive ketones (excluding diaryl/α,β-unsaturated/α-hetero) is 1. The molecule has 510 valence electrons. The van der Waals surface area contributed by atoms with Crippen molar-refractivity contribution >= 4 is 110 Å². The van der Waals surface area contributed by atoms with Gasteiger partial charge in [-0.25, -0.2) is 24.2 Å². The first-order chi connectivity index (χ1) is 46.1. The first kappa shape index (κ1) is 71.9. The number of ketones is 1. The van der Waals surface area contributed by atoms with Gasteiger partial charge in [0.1, 0.15) is 30.3 Å². The average Bonchev–Trinajstić information content (AvgIpc) is 1.44. The third-order valence-corrected chi connectivity index (χ3v) is 16.4. The number of ether oxygens (including phenoxy) is 6. The second-order valence-corrected chi connectivity index (χ2v) is 23.8. The number of pyridine rings is 1. The Morgan fingerprint density at radius 1 is 0.781 bits per heavy atom. The molecule has 0 unspecified atom stereocenters. The fourth-order valence-corrected chi connectivity index (χ4v) is 11.0. The van der Waals surface area contributed by atoms with E-state index >= 15 is 0 Å². The second-order valence-electron chi connectivity index (χ2n) is 23.5. The van der Waals surface area contributed by atoms with Gasteiger partial charge in [0, 0.05) is 105 Å². The van der Waals surface area contributed by atoms with Crippen LogP contribution in [0.15, 0.2) is 103 Å². The number of H-pyrrole nitrogens is 1. The molecule has 2 aliphatic heterocycles. The number of hydrogen-bond donors (Lipinski definition) is 6. The van der Waals surface area contributed by atoms with Crippen LogP contribution in [0, 0.1) is 25.7 Å². The molecule has 0 fully saturated rings. The van der Waals surface area contributed by atoms with Crippen molar-refractivity contribution in [2.75, 3.05) is 114 Å². The number of nitrogens with zero attached hydrogens (tertiary/aromatic N) is 5. The molecular formula is C68H80ClN11O16. The Bertz CT molecular complexity index is 3830. The third kappa shape index (κ3) is 19.6. The zero-order valence-corrected chi connectivity index (χ0v) is 55.1. The summed E-state index contributed by atoms with van der Waals surface area (Å²) in [5.41, 5.74) is 11.1. The number of imide groups is 1. The van der Waals surface area contributed by atoms with Crippen molar-refractivity contribution in [2.24, 2.45) is 17.6 Å². The van der Waals surface area contributed by atoms with E-state index in [1.54, 1.807) is 73.3 Å². The highest BCUT2D eigenvalue weighted by Gasteiger charge is 2.37. The minimum Gasteiger partial charge on any atom is -0.447 e. The summed E-state index contributed by atoms with van der Waals surface area (Å²) in [7, 11) is 3.05. The lowest BCUT2D eigenvalue weighted by molar-refractivity contribution is -0.137. The zero-order valence-electron chi connectivity index (χ0n) is 54.4. The molecule has 2 aromatic heterocycles. The predicted octanol–water partition coefficient (Wildman–Crippen LogP) is 7.96.